The molecule has 1 atom stereocenters. The van der Waals surface area contributed by atoms with E-state index in [2.05, 4.69) is 9.97 Å². The molecule has 0 aliphatic heterocycles. The van der Waals surface area contributed by atoms with E-state index in [1.165, 1.54) is 6.07 Å². The standard InChI is InChI=1S/C18H18F3N3OS/c1-12(15-4-2-3-9-22-15)24(14-6-7-14)17(25)11-26-16-8-5-13(10-23-16)18(19,20)21/h2-5,8-10,12,14H,6-7,11H2,1H3. The first kappa shape index (κ1) is 18.7. The Kier molecular flexibility index (Phi) is 5.50. The molecule has 0 spiro atoms. The van der Waals surface area contributed by atoms with Gasteiger partial charge in [-0.05, 0) is 44.0 Å². The fraction of sp³-hybridized carbons (Fsp3) is 0.389. The minimum Gasteiger partial charge on any atom is -0.331 e. The van der Waals surface area contributed by atoms with E-state index in [-0.39, 0.29) is 23.7 Å². The molecule has 2 aromatic heterocycles. The second-order valence-corrected chi connectivity index (χ2v) is 7.13. The van der Waals surface area contributed by atoms with Crippen LogP contribution in [0.1, 0.15) is 37.1 Å². The lowest BCUT2D eigenvalue weighted by atomic mass is 10.1. The van der Waals surface area contributed by atoms with Gasteiger partial charge in [0.05, 0.1) is 28.1 Å². The average molecular weight is 381 g/mol. The van der Waals surface area contributed by atoms with Gasteiger partial charge < -0.3 is 4.90 Å². The number of carbonyl (C=O) groups is 1. The molecule has 138 valence electrons. The zero-order chi connectivity index (χ0) is 18.7. The molecule has 1 unspecified atom stereocenters. The second kappa shape index (κ2) is 7.65. The van der Waals surface area contributed by atoms with E-state index in [1.54, 1.807) is 6.20 Å². The van der Waals surface area contributed by atoms with Crippen LogP contribution in [0.4, 0.5) is 13.2 Å². The van der Waals surface area contributed by atoms with Crippen LogP contribution in [0.3, 0.4) is 0 Å². The van der Waals surface area contributed by atoms with Crippen molar-refractivity contribution in [2.75, 3.05) is 5.75 Å². The van der Waals surface area contributed by atoms with Gasteiger partial charge in [-0.3, -0.25) is 9.78 Å². The summed E-state index contributed by atoms with van der Waals surface area (Å²) in [5, 5.41) is 0.396. The summed E-state index contributed by atoms with van der Waals surface area (Å²) in [7, 11) is 0. The second-order valence-electron chi connectivity index (χ2n) is 6.13. The molecular weight excluding hydrogens is 363 g/mol. The van der Waals surface area contributed by atoms with Crippen molar-refractivity contribution in [1.82, 2.24) is 14.9 Å². The number of rotatable bonds is 6. The number of aromatic nitrogens is 2. The molecule has 0 saturated heterocycles. The molecule has 26 heavy (non-hydrogen) atoms. The highest BCUT2D eigenvalue weighted by atomic mass is 32.2. The number of hydrogen-bond acceptors (Lipinski definition) is 4. The Hall–Kier alpha value is -2.09. The van der Waals surface area contributed by atoms with Crippen LogP contribution in [0, 0.1) is 0 Å². The maximum atomic E-state index is 12.7. The largest absolute Gasteiger partial charge is 0.417 e. The molecular formula is C18H18F3N3OS. The van der Waals surface area contributed by atoms with Crippen molar-refractivity contribution in [3.8, 4) is 0 Å². The highest BCUT2D eigenvalue weighted by Crippen LogP contribution is 2.35. The number of alkyl halides is 3. The third kappa shape index (κ3) is 4.55. The van der Waals surface area contributed by atoms with Crippen LogP contribution in [0.25, 0.3) is 0 Å². The Morgan fingerprint density at radius 3 is 2.58 bits per heavy atom. The van der Waals surface area contributed by atoms with E-state index >= 15 is 0 Å². The summed E-state index contributed by atoms with van der Waals surface area (Å²) < 4.78 is 37.7. The van der Waals surface area contributed by atoms with Crippen LogP contribution in [-0.2, 0) is 11.0 Å². The van der Waals surface area contributed by atoms with Gasteiger partial charge >= 0.3 is 6.18 Å². The highest BCUT2D eigenvalue weighted by molar-refractivity contribution is 7.99. The molecule has 1 amide bonds. The zero-order valence-corrected chi connectivity index (χ0v) is 14.9. The zero-order valence-electron chi connectivity index (χ0n) is 14.1. The molecule has 1 saturated carbocycles. The highest BCUT2D eigenvalue weighted by Gasteiger charge is 2.36. The van der Waals surface area contributed by atoms with E-state index in [0.29, 0.717) is 5.03 Å². The molecule has 0 aromatic carbocycles. The van der Waals surface area contributed by atoms with Crippen molar-refractivity contribution >= 4 is 17.7 Å². The first-order valence-electron chi connectivity index (χ1n) is 8.24. The lowest BCUT2D eigenvalue weighted by Gasteiger charge is -2.29. The van der Waals surface area contributed by atoms with E-state index in [9.17, 15) is 18.0 Å². The summed E-state index contributed by atoms with van der Waals surface area (Å²) in [6.07, 6.45) is 0.00929. The normalized spacial score (nSPS) is 15.5. The van der Waals surface area contributed by atoms with E-state index in [1.807, 2.05) is 30.0 Å². The Bertz CT molecular complexity index is 749. The van der Waals surface area contributed by atoms with Gasteiger partial charge in [0.15, 0.2) is 0 Å². The maximum absolute atomic E-state index is 12.7. The van der Waals surface area contributed by atoms with E-state index in [0.717, 1.165) is 42.6 Å². The molecule has 1 fully saturated rings. The predicted molar refractivity (Wildman–Crippen MR) is 92.5 cm³/mol. The Balaban J connectivity index is 1.64. The minimum atomic E-state index is -4.41. The van der Waals surface area contributed by atoms with Crippen molar-refractivity contribution in [2.45, 2.75) is 43.1 Å². The smallest absolute Gasteiger partial charge is 0.331 e. The number of amides is 1. The van der Waals surface area contributed by atoms with Crippen LogP contribution in [0.15, 0.2) is 47.8 Å². The van der Waals surface area contributed by atoms with Crippen LogP contribution in [0.5, 0.6) is 0 Å². The Morgan fingerprint density at radius 2 is 2.04 bits per heavy atom. The number of halogens is 3. The van der Waals surface area contributed by atoms with Crippen molar-refractivity contribution in [3.63, 3.8) is 0 Å². The summed E-state index contributed by atoms with van der Waals surface area (Å²) in [4.78, 5) is 22.7. The molecule has 0 bridgehead atoms. The lowest BCUT2D eigenvalue weighted by molar-refractivity contribution is -0.138. The maximum Gasteiger partial charge on any atom is 0.417 e. The molecule has 8 heteroatoms. The third-order valence-corrected chi connectivity index (χ3v) is 5.10. The number of thioether (sulfide) groups is 1. The monoisotopic (exact) mass is 381 g/mol. The third-order valence-electron chi connectivity index (χ3n) is 4.17. The SMILES string of the molecule is CC(c1ccccn1)N(C(=O)CSc1ccc(C(F)(F)F)cn1)C1CC1. The summed E-state index contributed by atoms with van der Waals surface area (Å²) in [5.41, 5.74) is 0.0296. The molecule has 2 aromatic rings. The van der Waals surface area contributed by atoms with Crippen LogP contribution in [-0.4, -0.2) is 32.6 Å². The Morgan fingerprint density at radius 1 is 1.27 bits per heavy atom. The summed E-state index contributed by atoms with van der Waals surface area (Å²) in [6, 6.07) is 7.94. The van der Waals surface area contributed by atoms with Crippen molar-refractivity contribution < 1.29 is 18.0 Å². The number of pyridine rings is 2. The minimum absolute atomic E-state index is 0.0580. The summed E-state index contributed by atoms with van der Waals surface area (Å²) >= 11 is 1.14. The van der Waals surface area contributed by atoms with Gasteiger partial charge in [-0.2, -0.15) is 13.2 Å². The van der Waals surface area contributed by atoms with Gasteiger partial charge in [0.1, 0.15) is 0 Å². The van der Waals surface area contributed by atoms with Crippen LogP contribution in [0.2, 0.25) is 0 Å². The Labute approximate surface area is 153 Å². The van der Waals surface area contributed by atoms with Crippen molar-refractivity contribution in [1.29, 1.82) is 0 Å². The summed E-state index contributed by atoms with van der Waals surface area (Å²) in [6.45, 7) is 1.94. The lowest BCUT2D eigenvalue weighted by Crippen LogP contribution is -2.37. The number of carbonyl (C=O) groups excluding carboxylic acids is 1. The summed E-state index contributed by atoms with van der Waals surface area (Å²) in [5.74, 6) is 0.0730. The quantitative estimate of drug-likeness (QED) is 0.699. The molecule has 4 nitrogen and oxygen atoms in total. The van der Waals surface area contributed by atoms with Gasteiger partial charge in [-0.25, -0.2) is 4.98 Å². The predicted octanol–water partition coefficient (Wildman–Crippen LogP) is 4.34. The average Bonchev–Trinajstić information content (AvgIpc) is 3.45. The molecule has 3 rings (SSSR count). The van der Waals surface area contributed by atoms with Gasteiger partial charge in [-0.15, -0.1) is 0 Å². The molecule has 1 aliphatic carbocycles. The molecule has 0 N–H and O–H groups in total. The van der Waals surface area contributed by atoms with E-state index < -0.39 is 11.7 Å². The fourth-order valence-corrected chi connectivity index (χ4v) is 3.41. The molecule has 2 heterocycles. The van der Waals surface area contributed by atoms with Gasteiger partial charge in [0, 0.05) is 18.4 Å². The van der Waals surface area contributed by atoms with Gasteiger partial charge in [-0.1, -0.05) is 17.8 Å². The van der Waals surface area contributed by atoms with E-state index in [4.69, 9.17) is 0 Å². The first-order chi connectivity index (χ1) is 12.4. The topological polar surface area (TPSA) is 46.1 Å². The van der Waals surface area contributed by atoms with Gasteiger partial charge in [0.25, 0.3) is 0 Å². The molecule has 0 radical (unpaired) electrons. The fourth-order valence-electron chi connectivity index (χ4n) is 2.70. The van der Waals surface area contributed by atoms with Crippen molar-refractivity contribution in [2.24, 2.45) is 0 Å². The van der Waals surface area contributed by atoms with Gasteiger partial charge in [0.2, 0.25) is 5.91 Å². The number of nitrogens with zero attached hydrogens (tertiary/aromatic N) is 3. The van der Waals surface area contributed by atoms with Crippen LogP contribution >= 0.6 is 11.8 Å². The van der Waals surface area contributed by atoms with Crippen molar-refractivity contribution in [3.05, 3.63) is 54.0 Å². The van der Waals surface area contributed by atoms with Crippen LogP contribution < -0.4 is 0 Å². The molecule has 1 aliphatic rings. The number of hydrogen-bond donors (Lipinski definition) is 0. The first-order valence-corrected chi connectivity index (χ1v) is 9.23.